The Morgan fingerprint density at radius 2 is 0.539 bits per heavy atom. The predicted octanol–water partition coefficient (Wildman–Crippen LogP) is 30.9. The summed E-state index contributed by atoms with van der Waals surface area (Å²) >= 11 is 0. The van der Waals surface area contributed by atoms with Crippen molar-refractivity contribution in [2.24, 2.45) is 65.0 Å². The Kier molecular flexibility index (Phi) is 68.9. The van der Waals surface area contributed by atoms with Gasteiger partial charge in [0.25, 0.3) is 0 Å². The standard InChI is InChI=1S/C18H36O.C17H35NO.C14H28O.C12H24O2.2C10H20O.C9H20.2C2H6/c1-16(2,3)15(19)13-11-9-10-12-14-18(7,8)17(4,5)6;1-16(2,3)13-11-9-8-10-12-14-18(7)15(19)17(4,5)6;1-13(2,3)11-9-7-8-10-12(15)14(4,5)6;1-10(2)14-11(13)8-6-7-9-12(3,4)5;1-9(2,3)7-8(11)10(4,5)6;1-5-6-7-8-9(11)10(2,3)4;1-5-6-7-8-9(2,3)4;2*1-2/h9-14H2,1-8H3;8-14H2,1-7H3;7-11H2,1-6H3;10H,6-9H2,1-5H3;7H2,1-6H3;5-8H2,1-4H3;5-8H2,1-4H3;2*1-2H3. The Bertz CT molecular complexity index is 2010. The van der Waals surface area contributed by atoms with Gasteiger partial charge in [-0.2, -0.15) is 0 Å². The van der Waals surface area contributed by atoms with Gasteiger partial charge in [-0.15, -0.1) is 0 Å². The predicted molar refractivity (Wildman–Crippen MR) is 459 cm³/mol. The number of carbonyl (C=O) groups is 6. The molecular weight excluding hydrogens is 1260 g/mol. The molecule has 8 heteroatoms. The van der Waals surface area contributed by atoms with Crippen LogP contribution in [0.1, 0.15) is 490 Å². The van der Waals surface area contributed by atoms with Gasteiger partial charge in [0, 0.05) is 72.8 Å². The van der Waals surface area contributed by atoms with Crippen LogP contribution >= 0.6 is 0 Å². The molecule has 0 aromatic rings. The fourth-order valence-corrected chi connectivity index (χ4v) is 9.47. The largest absolute Gasteiger partial charge is 0.463 e. The number of carbonyl (C=O) groups excluding carboxylic acids is 6. The molecule has 0 fully saturated rings. The zero-order valence-electron chi connectivity index (χ0n) is 78.8. The van der Waals surface area contributed by atoms with E-state index in [0.29, 0.717) is 68.5 Å². The van der Waals surface area contributed by atoms with Crippen LogP contribution < -0.4 is 0 Å². The number of nitrogens with zero attached hydrogens (tertiary/aromatic N) is 1. The number of rotatable bonds is 32. The zero-order valence-corrected chi connectivity index (χ0v) is 78.8. The molecule has 0 aromatic carbocycles. The van der Waals surface area contributed by atoms with Crippen molar-refractivity contribution in [1.29, 1.82) is 0 Å². The maximum absolute atomic E-state index is 12.0. The minimum Gasteiger partial charge on any atom is -0.463 e. The van der Waals surface area contributed by atoms with Crippen LogP contribution in [0.2, 0.25) is 0 Å². The van der Waals surface area contributed by atoms with E-state index in [1.807, 2.05) is 157 Å². The second-order valence-corrected chi connectivity index (χ2v) is 42.4. The lowest BCUT2D eigenvalue weighted by Gasteiger charge is -2.39. The molecule has 0 aliphatic carbocycles. The van der Waals surface area contributed by atoms with Crippen LogP contribution in [0.5, 0.6) is 0 Å². The van der Waals surface area contributed by atoms with E-state index < -0.39 is 0 Å². The first-order valence-corrected chi connectivity index (χ1v) is 42.1. The monoisotopic (exact) mass is 1450 g/mol. The van der Waals surface area contributed by atoms with Crippen LogP contribution in [-0.2, 0) is 33.5 Å². The minimum atomic E-state index is -0.249. The first kappa shape index (κ1) is 118. The van der Waals surface area contributed by atoms with Crippen molar-refractivity contribution < 1.29 is 33.5 Å². The third-order valence-electron chi connectivity index (χ3n) is 17.7. The average Bonchev–Trinajstić information content (AvgIpc) is 0.850. The minimum absolute atomic E-state index is 0.0186. The van der Waals surface area contributed by atoms with Crippen molar-refractivity contribution in [2.75, 3.05) is 13.6 Å². The number of Topliss-reactive ketones (excluding diaryl/α,β-unsaturated/α-hetero) is 4. The van der Waals surface area contributed by atoms with Gasteiger partial charge in [-0.1, -0.05) is 380 Å². The van der Waals surface area contributed by atoms with Crippen molar-refractivity contribution in [1.82, 2.24) is 4.90 Å². The maximum Gasteiger partial charge on any atom is 0.306 e. The fourth-order valence-electron chi connectivity index (χ4n) is 9.47. The molecular formula is C94H195NO7. The molecule has 0 radical (unpaired) electrons. The van der Waals surface area contributed by atoms with E-state index in [9.17, 15) is 28.8 Å². The second-order valence-electron chi connectivity index (χ2n) is 42.4. The number of ether oxygens (including phenoxy) is 1. The summed E-state index contributed by atoms with van der Waals surface area (Å²) in [7, 11) is 1.92. The van der Waals surface area contributed by atoms with E-state index in [4.69, 9.17) is 4.74 Å². The first-order valence-electron chi connectivity index (χ1n) is 42.1. The van der Waals surface area contributed by atoms with Crippen molar-refractivity contribution in [3.05, 3.63) is 0 Å². The summed E-state index contributed by atoms with van der Waals surface area (Å²) in [5.74, 6) is 1.74. The van der Waals surface area contributed by atoms with Gasteiger partial charge in [0.15, 0.2) is 0 Å². The van der Waals surface area contributed by atoms with Crippen LogP contribution in [0, 0.1) is 65.0 Å². The van der Waals surface area contributed by atoms with E-state index >= 15 is 0 Å². The molecule has 0 aliphatic heterocycles. The quantitative estimate of drug-likeness (QED) is 0.0487. The van der Waals surface area contributed by atoms with E-state index in [-0.39, 0.29) is 50.5 Å². The van der Waals surface area contributed by atoms with E-state index in [0.717, 1.165) is 64.3 Å². The molecule has 0 saturated carbocycles. The number of esters is 1. The normalized spacial score (nSPS) is 12.3. The van der Waals surface area contributed by atoms with Crippen molar-refractivity contribution in [2.45, 2.75) is 496 Å². The molecule has 618 valence electrons. The van der Waals surface area contributed by atoms with Crippen molar-refractivity contribution >= 4 is 35.0 Å². The van der Waals surface area contributed by atoms with Crippen molar-refractivity contribution in [3.63, 3.8) is 0 Å². The zero-order chi connectivity index (χ0) is 83.2. The van der Waals surface area contributed by atoms with E-state index in [2.05, 4.69) is 152 Å². The van der Waals surface area contributed by atoms with Gasteiger partial charge in [0.2, 0.25) is 5.91 Å². The summed E-state index contributed by atoms with van der Waals surface area (Å²) in [6.45, 7) is 92.3. The van der Waals surface area contributed by atoms with Gasteiger partial charge in [0.1, 0.15) is 23.1 Å². The molecule has 8 nitrogen and oxygen atoms in total. The van der Waals surface area contributed by atoms with E-state index in [1.54, 1.807) is 0 Å². The maximum atomic E-state index is 12.0. The summed E-state index contributed by atoms with van der Waals surface area (Å²) < 4.78 is 5.04. The SMILES string of the molecule is CC.CC.CC(C)(C)C(=O)CCCCCCC(C)(C)C(C)(C)C.CC(C)(C)CC(=O)C(C)(C)C.CC(C)(C)CCCCCC(=O)C(C)(C)C.CC(C)OC(=O)CCCCC(C)(C)C.CCCCCC(=O)C(C)(C)C.CCCCCC(C)(C)C.CN(CCCCCCCC(C)(C)C)C(=O)C(C)(C)C. The molecule has 0 rings (SSSR count). The number of hydrogen-bond donors (Lipinski definition) is 0. The van der Waals surface area contributed by atoms with Gasteiger partial charge in [-0.05, 0) is 116 Å². The average molecular weight is 1450 g/mol. The lowest BCUT2D eigenvalue weighted by Crippen LogP contribution is -2.37. The van der Waals surface area contributed by atoms with Crippen LogP contribution in [0.4, 0.5) is 0 Å². The smallest absolute Gasteiger partial charge is 0.306 e. The molecule has 0 aliphatic rings. The lowest BCUT2D eigenvalue weighted by molar-refractivity contribution is -0.147. The molecule has 0 unspecified atom stereocenters. The Labute approximate surface area is 645 Å². The molecule has 0 saturated heterocycles. The third kappa shape index (κ3) is 93.7. The summed E-state index contributed by atoms with van der Waals surface area (Å²) in [6, 6.07) is 0. The summed E-state index contributed by atoms with van der Waals surface area (Å²) in [4.78, 5) is 71.2. The number of ketones is 4. The van der Waals surface area contributed by atoms with Gasteiger partial charge in [0.05, 0.1) is 6.10 Å². The topological polar surface area (TPSA) is 115 Å². The van der Waals surface area contributed by atoms with Gasteiger partial charge in [-0.3, -0.25) is 28.8 Å². The van der Waals surface area contributed by atoms with Gasteiger partial charge in [-0.25, -0.2) is 0 Å². The molecule has 0 N–H and O–H groups in total. The Morgan fingerprint density at radius 3 is 0.804 bits per heavy atom. The third-order valence-corrected chi connectivity index (χ3v) is 17.7. The summed E-state index contributed by atoms with van der Waals surface area (Å²) in [6.07, 6.45) is 34.2. The molecule has 0 heterocycles. The number of amides is 1. The molecule has 1 amide bonds. The highest BCUT2D eigenvalue weighted by Gasteiger charge is 2.32. The second kappa shape index (κ2) is 59.6. The van der Waals surface area contributed by atoms with Crippen LogP contribution in [-0.4, -0.2) is 59.6 Å². The number of unbranched alkanes of at least 4 members (excludes halogenated alkanes) is 14. The summed E-state index contributed by atoms with van der Waals surface area (Å²) in [5.41, 5.74) is 1.87. The first-order chi connectivity index (χ1) is 45.5. The Balaban J connectivity index is -0.000000142. The van der Waals surface area contributed by atoms with Crippen LogP contribution in [0.25, 0.3) is 0 Å². The Hall–Kier alpha value is -2.38. The van der Waals surface area contributed by atoms with Crippen LogP contribution in [0.15, 0.2) is 0 Å². The summed E-state index contributed by atoms with van der Waals surface area (Å²) in [5, 5.41) is 0. The highest BCUT2D eigenvalue weighted by molar-refractivity contribution is 5.85. The fraction of sp³-hybridized carbons (Fsp3) is 0.936. The number of hydrogen-bond acceptors (Lipinski definition) is 7. The molecule has 0 aromatic heterocycles. The van der Waals surface area contributed by atoms with Crippen molar-refractivity contribution in [3.8, 4) is 0 Å². The molecule has 0 atom stereocenters. The highest BCUT2D eigenvalue weighted by Crippen LogP contribution is 2.42. The van der Waals surface area contributed by atoms with Gasteiger partial charge >= 0.3 is 5.97 Å². The Morgan fingerprint density at radius 1 is 0.294 bits per heavy atom. The molecule has 0 spiro atoms. The highest BCUT2D eigenvalue weighted by atomic mass is 16.5. The van der Waals surface area contributed by atoms with Crippen LogP contribution in [0.3, 0.4) is 0 Å². The molecule has 0 bridgehead atoms. The lowest BCUT2D eigenvalue weighted by atomic mass is 9.67. The van der Waals surface area contributed by atoms with Gasteiger partial charge < -0.3 is 9.64 Å². The van der Waals surface area contributed by atoms with E-state index in [1.165, 1.54) is 122 Å². The molecule has 102 heavy (non-hydrogen) atoms.